The first-order valence-electron chi connectivity index (χ1n) is 24.5. The maximum atomic E-state index is 14.6. The van der Waals surface area contributed by atoms with Gasteiger partial charge in [-0.1, -0.05) is 131 Å². The second-order valence-corrected chi connectivity index (χ2v) is 23.0. The first-order chi connectivity index (χ1) is 28.7. The number of carbonyl (C=O) groups is 4. The second-order valence-electron chi connectivity index (χ2n) is 23.0. The van der Waals surface area contributed by atoms with Crippen molar-refractivity contribution in [2.75, 3.05) is 6.54 Å². The van der Waals surface area contributed by atoms with Crippen molar-refractivity contribution < 1.29 is 29.0 Å². The lowest BCUT2D eigenvalue weighted by molar-refractivity contribution is -0.204. The van der Waals surface area contributed by atoms with Gasteiger partial charge in [0.1, 0.15) is 12.1 Å². The molecule has 4 saturated carbocycles. The summed E-state index contributed by atoms with van der Waals surface area (Å²) in [5, 5.41) is 15.5. The van der Waals surface area contributed by atoms with E-state index in [2.05, 4.69) is 65.2 Å². The van der Waals surface area contributed by atoms with Gasteiger partial charge in [0.2, 0.25) is 11.8 Å². The number of carboxylic acid groups (broad SMARTS) is 1. The molecule has 340 valence electrons. The van der Waals surface area contributed by atoms with Crippen molar-refractivity contribution in [1.82, 2.24) is 10.6 Å². The van der Waals surface area contributed by atoms with E-state index < -0.39 is 12.0 Å². The van der Waals surface area contributed by atoms with Crippen LogP contribution in [0.3, 0.4) is 0 Å². The Labute approximate surface area is 369 Å². The molecule has 1 aromatic carbocycles. The van der Waals surface area contributed by atoms with Crippen molar-refractivity contribution in [3.8, 4) is 0 Å². The highest BCUT2D eigenvalue weighted by Gasteiger charge is 2.69. The summed E-state index contributed by atoms with van der Waals surface area (Å²) >= 11 is 0. The van der Waals surface area contributed by atoms with Crippen molar-refractivity contribution in [1.29, 1.82) is 0 Å². The highest BCUT2D eigenvalue weighted by Crippen LogP contribution is 2.76. The zero-order valence-corrected chi connectivity index (χ0v) is 39.6. The van der Waals surface area contributed by atoms with E-state index in [0.717, 1.165) is 116 Å². The van der Waals surface area contributed by atoms with Gasteiger partial charge in [-0.25, -0.2) is 9.59 Å². The van der Waals surface area contributed by atoms with E-state index in [1.807, 2.05) is 30.3 Å². The largest absolute Gasteiger partial charge is 0.480 e. The SMILES string of the molecule is CC(C)[C@H](NC(=O)CCCCCCCCCCNC(=O)[C@]12CCC(C)(C)C[C@H]1C1=CC[C@@H]3[C@@]4(C)CC[C@H](OC(=O)c5ccccc5)C(C)(C)[C@@H]4CC[C@@]3(C)[C@]1(C)CC2)C(=O)O. The van der Waals surface area contributed by atoms with Crippen LogP contribution in [0, 0.1) is 56.2 Å². The molecule has 0 aromatic heterocycles. The summed E-state index contributed by atoms with van der Waals surface area (Å²) in [6.07, 6.45) is 21.9. The molecule has 0 saturated heterocycles. The third-order valence-corrected chi connectivity index (χ3v) is 18.2. The summed E-state index contributed by atoms with van der Waals surface area (Å²) in [4.78, 5) is 51.5. The lowest BCUT2D eigenvalue weighted by Crippen LogP contribution is -2.65. The Morgan fingerprint density at radius 2 is 1.41 bits per heavy atom. The van der Waals surface area contributed by atoms with Crippen LogP contribution in [0.5, 0.6) is 0 Å². The van der Waals surface area contributed by atoms with E-state index in [0.29, 0.717) is 29.7 Å². The van der Waals surface area contributed by atoms with E-state index in [1.54, 1.807) is 19.4 Å². The van der Waals surface area contributed by atoms with Crippen LogP contribution in [-0.2, 0) is 19.1 Å². The number of ether oxygens (including phenoxy) is 1. The van der Waals surface area contributed by atoms with Gasteiger partial charge in [0.05, 0.1) is 11.0 Å². The summed E-state index contributed by atoms with van der Waals surface area (Å²) in [5.74, 6) is 0.106. The number of allylic oxidation sites excluding steroid dienone is 2. The number of carboxylic acids is 1. The summed E-state index contributed by atoms with van der Waals surface area (Å²) in [7, 11) is 0. The summed E-state index contributed by atoms with van der Waals surface area (Å²) in [6.45, 7) is 21.8. The smallest absolute Gasteiger partial charge is 0.338 e. The molecule has 0 heterocycles. The monoisotopic (exact) mass is 843 g/mol. The Balaban J connectivity index is 1.03. The van der Waals surface area contributed by atoms with Crippen LogP contribution in [0.2, 0.25) is 0 Å². The van der Waals surface area contributed by atoms with Crippen molar-refractivity contribution in [2.24, 2.45) is 56.2 Å². The Bertz CT molecular complexity index is 1770. The molecule has 0 spiro atoms. The molecule has 8 nitrogen and oxygen atoms in total. The van der Waals surface area contributed by atoms with Crippen molar-refractivity contribution in [3.05, 3.63) is 47.5 Å². The predicted octanol–water partition coefficient (Wildman–Crippen LogP) is 11.9. The molecular formula is C53H82N2O6. The van der Waals surface area contributed by atoms with Gasteiger partial charge in [0.25, 0.3) is 0 Å². The van der Waals surface area contributed by atoms with E-state index in [4.69, 9.17) is 4.74 Å². The number of carbonyl (C=O) groups excluding carboxylic acids is 3. The molecule has 0 bridgehead atoms. The normalized spacial score (nSPS) is 34.0. The molecule has 0 unspecified atom stereocenters. The topological polar surface area (TPSA) is 122 Å². The first kappa shape index (κ1) is 47.3. The lowest BCUT2D eigenvalue weighted by Gasteiger charge is -2.71. The molecule has 6 rings (SSSR count). The number of benzene rings is 1. The van der Waals surface area contributed by atoms with Crippen molar-refractivity contribution in [2.45, 2.75) is 196 Å². The zero-order chi connectivity index (χ0) is 44.4. The maximum Gasteiger partial charge on any atom is 0.338 e. The standard InChI is InChI=1S/C53H82N2O6/c1-36(2)44(45(57)58)55-43(56)23-19-14-12-10-11-13-15-20-34-54-47(60)53-32-30-48(3,4)35-39(53)38-24-25-41-50(7)28-27-42(61-46(59)37-21-17-16-18-22-37)49(5,6)40(50)26-29-52(41,9)51(38,8)31-33-53/h16-18,21-22,24,36,39-42,44H,10-15,19-20,23,25-35H2,1-9H3,(H,54,60)(H,55,56)(H,57,58)/t39-,40-,41+,42-,44-,50-,51+,52+,53-/m0/s1. The molecule has 5 aliphatic rings. The Hall–Kier alpha value is -3.16. The molecule has 1 aromatic rings. The Morgan fingerprint density at radius 3 is 2.07 bits per heavy atom. The van der Waals surface area contributed by atoms with Gasteiger partial charge in [0, 0.05) is 18.4 Å². The third-order valence-electron chi connectivity index (χ3n) is 18.2. The third kappa shape index (κ3) is 9.26. The van der Waals surface area contributed by atoms with Crippen LogP contribution in [0.4, 0.5) is 0 Å². The van der Waals surface area contributed by atoms with Gasteiger partial charge in [-0.05, 0) is 135 Å². The van der Waals surface area contributed by atoms with Gasteiger partial charge in [0.15, 0.2) is 0 Å². The number of nitrogens with one attached hydrogen (secondary N) is 2. The number of aliphatic carboxylic acids is 1. The molecular weight excluding hydrogens is 761 g/mol. The number of amides is 2. The van der Waals surface area contributed by atoms with Gasteiger partial charge >= 0.3 is 11.9 Å². The van der Waals surface area contributed by atoms with Crippen LogP contribution in [0.25, 0.3) is 0 Å². The van der Waals surface area contributed by atoms with E-state index >= 15 is 0 Å². The number of fused-ring (bicyclic) bond motifs is 7. The minimum Gasteiger partial charge on any atom is -0.480 e. The van der Waals surface area contributed by atoms with Crippen LogP contribution < -0.4 is 10.6 Å². The molecule has 9 atom stereocenters. The lowest BCUT2D eigenvalue weighted by atomic mass is 9.33. The van der Waals surface area contributed by atoms with Crippen LogP contribution in [0.1, 0.15) is 195 Å². The number of unbranched alkanes of at least 4 members (excludes halogenated alkanes) is 7. The fourth-order valence-electron chi connectivity index (χ4n) is 14.2. The molecule has 2 amide bonds. The average molecular weight is 843 g/mol. The summed E-state index contributed by atoms with van der Waals surface area (Å²) < 4.78 is 6.35. The molecule has 61 heavy (non-hydrogen) atoms. The van der Waals surface area contributed by atoms with E-state index in [-0.39, 0.29) is 62.3 Å². The van der Waals surface area contributed by atoms with Crippen LogP contribution in [-0.4, -0.2) is 47.6 Å². The first-order valence-corrected chi connectivity index (χ1v) is 24.5. The van der Waals surface area contributed by atoms with Gasteiger partial charge < -0.3 is 20.5 Å². The Morgan fingerprint density at radius 1 is 0.770 bits per heavy atom. The number of hydrogen-bond donors (Lipinski definition) is 3. The van der Waals surface area contributed by atoms with Crippen LogP contribution in [0.15, 0.2) is 42.0 Å². The molecule has 5 aliphatic carbocycles. The average Bonchev–Trinajstić information content (AvgIpc) is 3.20. The molecule has 4 fully saturated rings. The second kappa shape index (κ2) is 18.5. The van der Waals surface area contributed by atoms with Gasteiger partial charge in [-0.3, -0.25) is 9.59 Å². The quantitative estimate of drug-likeness (QED) is 0.0816. The molecule has 3 N–H and O–H groups in total. The van der Waals surface area contributed by atoms with Gasteiger partial charge in [-0.2, -0.15) is 0 Å². The molecule has 0 radical (unpaired) electrons. The van der Waals surface area contributed by atoms with Crippen molar-refractivity contribution in [3.63, 3.8) is 0 Å². The minimum atomic E-state index is -0.977. The van der Waals surface area contributed by atoms with E-state index in [1.165, 1.54) is 6.42 Å². The molecule has 8 heteroatoms. The fraction of sp³-hybridized carbons (Fsp3) is 0.774. The number of hydrogen-bond acceptors (Lipinski definition) is 5. The van der Waals surface area contributed by atoms with Crippen LogP contribution >= 0.6 is 0 Å². The highest BCUT2D eigenvalue weighted by molar-refractivity contribution is 5.89. The number of rotatable bonds is 17. The Kier molecular flexibility index (Phi) is 14.4. The highest BCUT2D eigenvalue weighted by atomic mass is 16.5. The number of esters is 1. The molecule has 0 aliphatic heterocycles. The maximum absolute atomic E-state index is 14.6. The van der Waals surface area contributed by atoms with Crippen molar-refractivity contribution >= 4 is 23.8 Å². The zero-order valence-electron chi connectivity index (χ0n) is 39.6. The predicted molar refractivity (Wildman–Crippen MR) is 244 cm³/mol. The van der Waals surface area contributed by atoms with E-state index in [9.17, 15) is 24.3 Å². The fourth-order valence-corrected chi connectivity index (χ4v) is 14.2. The van der Waals surface area contributed by atoms with Gasteiger partial charge in [-0.15, -0.1) is 0 Å². The minimum absolute atomic E-state index is 0.0517. The summed E-state index contributed by atoms with van der Waals surface area (Å²) in [6, 6.07) is 8.64. The summed E-state index contributed by atoms with van der Waals surface area (Å²) in [5.41, 5.74) is 2.34.